The van der Waals surface area contributed by atoms with E-state index in [-0.39, 0.29) is 11.8 Å². The molecule has 0 aliphatic carbocycles. The Morgan fingerprint density at radius 2 is 1.86 bits per heavy atom. The molecule has 29 heavy (non-hydrogen) atoms. The molecule has 3 aromatic rings. The van der Waals surface area contributed by atoms with Gasteiger partial charge in [-0.15, -0.1) is 15.3 Å². The number of rotatable bonds is 7. The van der Waals surface area contributed by atoms with E-state index in [1.165, 1.54) is 24.8 Å². The Kier molecular flexibility index (Phi) is 6.03. The lowest BCUT2D eigenvalue weighted by Gasteiger charge is -2.27. The first-order valence-corrected chi connectivity index (χ1v) is 10.5. The van der Waals surface area contributed by atoms with Crippen molar-refractivity contribution in [2.45, 2.75) is 44.9 Å². The standard InChI is InChI=1S/C22H28N6O/c1-17(18-8-4-2-5-9-18)16-23-22(29)13-12-20-25-24-19-10-11-21(26-28(19)20)27-14-6-3-7-15-27/h2,4-5,8-11,17H,3,6-7,12-16H2,1H3,(H,23,29)/t17-/m0/s1. The monoisotopic (exact) mass is 392 g/mol. The van der Waals surface area contributed by atoms with Gasteiger partial charge < -0.3 is 10.2 Å². The fraction of sp³-hybridized carbons (Fsp3) is 0.455. The molecule has 1 atom stereocenters. The Bertz CT molecular complexity index is 948. The fourth-order valence-corrected chi connectivity index (χ4v) is 3.75. The molecule has 1 amide bonds. The van der Waals surface area contributed by atoms with Gasteiger partial charge >= 0.3 is 0 Å². The number of piperidine rings is 1. The summed E-state index contributed by atoms with van der Waals surface area (Å²) in [6, 6.07) is 14.2. The Hall–Kier alpha value is -2.96. The van der Waals surface area contributed by atoms with Crippen LogP contribution in [0.4, 0.5) is 5.82 Å². The minimum atomic E-state index is 0.0247. The minimum absolute atomic E-state index is 0.0247. The van der Waals surface area contributed by atoms with E-state index in [1.807, 2.05) is 30.3 Å². The van der Waals surface area contributed by atoms with Gasteiger partial charge in [-0.25, -0.2) is 0 Å². The van der Waals surface area contributed by atoms with E-state index in [0.717, 1.165) is 30.4 Å². The average Bonchev–Trinajstić information content (AvgIpc) is 3.19. The zero-order valence-corrected chi connectivity index (χ0v) is 16.9. The lowest BCUT2D eigenvalue weighted by atomic mass is 10.0. The van der Waals surface area contributed by atoms with Crippen molar-refractivity contribution in [3.05, 3.63) is 53.9 Å². The van der Waals surface area contributed by atoms with E-state index in [9.17, 15) is 4.79 Å². The molecule has 3 heterocycles. The van der Waals surface area contributed by atoms with Gasteiger partial charge in [-0.2, -0.15) is 4.52 Å². The van der Waals surface area contributed by atoms with Gasteiger partial charge in [0.05, 0.1) is 0 Å². The highest BCUT2D eigenvalue weighted by Crippen LogP contribution is 2.18. The molecule has 152 valence electrons. The molecule has 1 aliphatic rings. The topological polar surface area (TPSA) is 75.4 Å². The summed E-state index contributed by atoms with van der Waals surface area (Å²) >= 11 is 0. The van der Waals surface area contributed by atoms with Crippen LogP contribution in [0.2, 0.25) is 0 Å². The molecule has 1 aliphatic heterocycles. The maximum absolute atomic E-state index is 12.3. The first-order valence-electron chi connectivity index (χ1n) is 10.5. The summed E-state index contributed by atoms with van der Waals surface area (Å²) in [6.07, 6.45) is 4.59. The van der Waals surface area contributed by atoms with Gasteiger partial charge in [0, 0.05) is 32.5 Å². The van der Waals surface area contributed by atoms with E-state index in [1.54, 1.807) is 4.52 Å². The SMILES string of the molecule is C[C@@H](CNC(=O)CCc1nnc2ccc(N3CCCCC3)nn12)c1ccccc1. The van der Waals surface area contributed by atoms with Crippen LogP contribution in [0.15, 0.2) is 42.5 Å². The van der Waals surface area contributed by atoms with Crippen LogP contribution in [-0.4, -0.2) is 45.4 Å². The summed E-state index contributed by atoms with van der Waals surface area (Å²) in [5.74, 6) is 1.99. The first kappa shape index (κ1) is 19.4. The number of amides is 1. The van der Waals surface area contributed by atoms with Crippen LogP contribution >= 0.6 is 0 Å². The molecule has 0 saturated carbocycles. The summed E-state index contributed by atoms with van der Waals surface area (Å²) in [6.45, 7) is 4.82. The predicted molar refractivity (Wildman–Crippen MR) is 113 cm³/mol. The molecular formula is C22H28N6O. The molecule has 0 radical (unpaired) electrons. The van der Waals surface area contributed by atoms with Crippen molar-refractivity contribution in [1.29, 1.82) is 0 Å². The maximum atomic E-state index is 12.3. The smallest absolute Gasteiger partial charge is 0.220 e. The molecule has 1 N–H and O–H groups in total. The summed E-state index contributed by atoms with van der Waals surface area (Å²) in [5.41, 5.74) is 1.95. The summed E-state index contributed by atoms with van der Waals surface area (Å²) in [7, 11) is 0. The number of hydrogen-bond acceptors (Lipinski definition) is 5. The Labute approximate surface area is 171 Å². The predicted octanol–water partition coefficient (Wildman–Crippen LogP) is 2.97. The van der Waals surface area contributed by atoms with Crippen molar-refractivity contribution in [1.82, 2.24) is 25.1 Å². The van der Waals surface area contributed by atoms with Gasteiger partial charge in [0.15, 0.2) is 11.5 Å². The van der Waals surface area contributed by atoms with E-state index >= 15 is 0 Å². The molecule has 0 bridgehead atoms. The third kappa shape index (κ3) is 4.72. The molecule has 1 saturated heterocycles. The normalized spacial score (nSPS) is 15.4. The summed E-state index contributed by atoms with van der Waals surface area (Å²) < 4.78 is 1.78. The number of anilines is 1. The number of carbonyl (C=O) groups excluding carboxylic acids is 1. The molecule has 7 nitrogen and oxygen atoms in total. The van der Waals surface area contributed by atoms with Crippen LogP contribution in [0.25, 0.3) is 5.65 Å². The number of nitrogens with zero attached hydrogens (tertiary/aromatic N) is 5. The first-order chi connectivity index (χ1) is 14.2. The number of benzene rings is 1. The quantitative estimate of drug-likeness (QED) is 0.669. The molecule has 7 heteroatoms. The molecule has 2 aromatic heterocycles. The van der Waals surface area contributed by atoms with Gasteiger partial charge in [-0.1, -0.05) is 37.3 Å². The van der Waals surface area contributed by atoms with Crippen molar-refractivity contribution in [3.63, 3.8) is 0 Å². The number of carbonyl (C=O) groups is 1. The van der Waals surface area contributed by atoms with E-state index in [2.05, 4.69) is 39.5 Å². The third-order valence-electron chi connectivity index (χ3n) is 5.54. The molecule has 1 fully saturated rings. The van der Waals surface area contributed by atoms with Crippen molar-refractivity contribution in [3.8, 4) is 0 Å². The van der Waals surface area contributed by atoms with Gasteiger partial charge in [0.25, 0.3) is 0 Å². The van der Waals surface area contributed by atoms with Crippen LogP contribution < -0.4 is 10.2 Å². The highest BCUT2D eigenvalue weighted by molar-refractivity contribution is 5.76. The van der Waals surface area contributed by atoms with Crippen LogP contribution in [0, 0.1) is 0 Å². The molecule has 0 spiro atoms. The number of hydrogen-bond donors (Lipinski definition) is 1. The Morgan fingerprint density at radius 3 is 2.66 bits per heavy atom. The lowest BCUT2D eigenvalue weighted by Crippen LogP contribution is -2.30. The van der Waals surface area contributed by atoms with Crippen LogP contribution in [0.5, 0.6) is 0 Å². The van der Waals surface area contributed by atoms with Gasteiger partial charge in [-0.3, -0.25) is 4.79 Å². The number of aromatic nitrogens is 4. The van der Waals surface area contributed by atoms with Crippen molar-refractivity contribution in [2.75, 3.05) is 24.5 Å². The summed E-state index contributed by atoms with van der Waals surface area (Å²) in [4.78, 5) is 14.6. The van der Waals surface area contributed by atoms with Crippen molar-refractivity contribution in [2.24, 2.45) is 0 Å². The van der Waals surface area contributed by atoms with E-state index in [0.29, 0.717) is 19.4 Å². The fourth-order valence-electron chi connectivity index (χ4n) is 3.75. The van der Waals surface area contributed by atoms with E-state index in [4.69, 9.17) is 5.10 Å². The second-order valence-corrected chi connectivity index (χ2v) is 7.74. The number of nitrogens with one attached hydrogen (secondary N) is 1. The van der Waals surface area contributed by atoms with Crippen LogP contribution in [-0.2, 0) is 11.2 Å². The average molecular weight is 393 g/mol. The number of aryl methyl sites for hydroxylation is 1. The largest absolute Gasteiger partial charge is 0.355 e. The Morgan fingerprint density at radius 1 is 1.07 bits per heavy atom. The van der Waals surface area contributed by atoms with Crippen LogP contribution in [0.1, 0.15) is 49.9 Å². The molecule has 4 rings (SSSR count). The highest BCUT2D eigenvalue weighted by Gasteiger charge is 2.15. The molecule has 1 aromatic carbocycles. The second kappa shape index (κ2) is 9.03. The third-order valence-corrected chi connectivity index (χ3v) is 5.54. The molecular weight excluding hydrogens is 364 g/mol. The van der Waals surface area contributed by atoms with Crippen molar-refractivity contribution < 1.29 is 4.79 Å². The second-order valence-electron chi connectivity index (χ2n) is 7.74. The Balaban J connectivity index is 1.34. The zero-order chi connectivity index (χ0) is 20.1. The van der Waals surface area contributed by atoms with Gasteiger partial charge in [-0.05, 0) is 42.9 Å². The lowest BCUT2D eigenvalue weighted by molar-refractivity contribution is -0.121. The maximum Gasteiger partial charge on any atom is 0.220 e. The van der Waals surface area contributed by atoms with Crippen LogP contribution in [0.3, 0.4) is 0 Å². The van der Waals surface area contributed by atoms with Gasteiger partial charge in [0.1, 0.15) is 5.82 Å². The number of fused-ring (bicyclic) bond motifs is 1. The van der Waals surface area contributed by atoms with E-state index < -0.39 is 0 Å². The molecule has 0 unspecified atom stereocenters. The summed E-state index contributed by atoms with van der Waals surface area (Å²) in [5, 5.41) is 16.2. The minimum Gasteiger partial charge on any atom is -0.355 e. The zero-order valence-electron chi connectivity index (χ0n) is 16.9. The highest BCUT2D eigenvalue weighted by atomic mass is 16.1. The van der Waals surface area contributed by atoms with Gasteiger partial charge in [0.2, 0.25) is 5.91 Å². The van der Waals surface area contributed by atoms with Crippen molar-refractivity contribution >= 4 is 17.4 Å².